The van der Waals surface area contributed by atoms with Crippen LogP contribution in [0.4, 0.5) is 10.1 Å². The molecule has 1 heterocycles. The quantitative estimate of drug-likeness (QED) is 0.713. The van der Waals surface area contributed by atoms with Crippen molar-refractivity contribution in [3.05, 3.63) is 70.4 Å². The molecule has 138 valence electrons. The van der Waals surface area contributed by atoms with E-state index in [2.05, 4.69) is 10.4 Å². The van der Waals surface area contributed by atoms with Crippen LogP contribution in [-0.2, 0) is 16.6 Å². The van der Waals surface area contributed by atoms with Gasteiger partial charge in [-0.05, 0) is 25.1 Å². The number of nitrogens with zero attached hydrogens (tertiary/aromatic N) is 2. The van der Waals surface area contributed by atoms with Crippen LogP contribution in [0.25, 0.3) is 10.8 Å². The average Bonchev–Trinajstić information content (AvgIpc) is 2.66. The second kappa shape index (κ2) is 7.36. The van der Waals surface area contributed by atoms with Gasteiger partial charge < -0.3 is 10.1 Å². The molecule has 1 atom stereocenters. The molecule has 0 aliphatic heterocycles. The average molecular weight is 369 g/mol. The zero-order valence-electron chi connectivity index (χ0n) is 14.6. The summed E-state index contributed by atoms with van der Waals surface area (Å²) in [6.07, 6.45) is -1.20. The number of hydrogen-bond acceptors (Lipinski definition) is 5. The molecule has 27 heavy (non-hydrogen) atoms. The van der Waals surface area contributed by atoms with Gasteiger partial charge in [-0.25, -0.2) is 13.9 Å². The maximum absolute atomic E-state index is 13.6. The number of carbonyl (C=O) groups excluding carboxylic acids is 2. The summed E-state index contributed by atoms with van der Waals surface area (Å²) in [5.41, 5.74) is -0.457. The van der Waals surface area contributed by atoms with E-state index in [1.54, 1.807) is 30.3 Å². The fourth-order valence-corrected chi connectivity index (χ4v) is 2.52. The molecule has 7 nitrogen and oxygen atoms in total. The molecule has 0 unspecified atom stereocenters. The summed E-state index contributed by atoms with van der Waals surface area (Å²) in [6.45, 7) is 1.36. The summed E-state index contributed by atoms with van der Waals surface area (Å²) in [5.74, 6) is -2.16. The summed E-state index contributed by atoms with van der Waals surface area (Å²) in [5, 5.41) is 6.94. The van der Waals surface area contributed by atoms with Gasteiger partial charge >= 0.3 is 5.97 Å². The highest BCUT2D eigenvalue weighted by Crippen LogP contribution is 2.16. The molecule has 0 aliphatic carbocycles. The van der Waals surface area contributed by atoms with E-state index in [1.807, 2.05) is 0 Å². The second-order valence-electron chi connectivity index (χ2n) is 5.84. The summed E-state index contributed by atoms with van der Waals surface area (Å²) >= 11 is 0. The number of aromatic nitrogens is 2. The van der Waals surface area contributed by atoms with Crippen molar-refractivity contribution in [1.29, 1.82) is 0 Å². The van der Waals surface area contributed by atoms with E-state index in [4.69, 9.17) is 4.74 Å². The molecule has 1 N–H and O–H groups in total. The van der Waals surface area contributed by atoms with Crippen LogP contribution < -0.4 is 10.9 Å². The predicted molar refractivity (Wildman–Crippen MR) is 96.9 cm³/mol. The van der Waals surface area contributed by atoms with Gasteiger partial charge in [0.2, 0.25) is 0 Å². The number of hydrogen-bond donors (Lipinski definition) is 1. The number of ether oxygens (including phenoxy) is 1. The maximum Gasteiger partial charge on any atom is 0.360 e. The van der Waals surface area contributed by atoms with E-state index in [-0.39, 0.29) is 16.9 Å². The second-order valence-corrected chi connectivity index (χ2v) is 5.84. The Bertz CT molecular complexity index is 1090. The van der Waals surface area contributed by atoms with Crippen LogP contribution >= 0.6 is 0 Å². The standard InChI is InChI=1S/C19H16FN3O4/c1-11(17(24)21-15-10-6-5-9-14(15)20)27-19(26)16-12-7-3-4-8-13(12)18(25)23(2)22-16/h3-11H,1-2H3,(H,21,24)/t11-/m0/s1. The Hall–Kier alpha value is -3.55. The number of aryl methyl sites for hydroxylation is 1. The van der Waals surface area contributed by atoms with Crippen molar-refractivity contribution in [3.63, 3.8) is 0 Å². The third kappa shape index (κ3) is 3.69. The lowest BCUT2D eigenvalue weighted by atomic mass is 10.1. The minimum atomic E-state index is -1.20. The van der Waals surface area contributed by atoms with Gasteiger partial charge in [-0.2, -0.15) is 5.10 Å². The van der Waals surface area contributed by atoms with E-state index in [0.717, 1.165) is 4.68 Å². The van der Waals surface area contributed by atoms with Crippen LogP contribution in [0.3, 0.4) is 0 Å². The molecule has 0 spiro atoms. The lowest BCUT2D eigenvalue weighted by Gasteiger charge is -2.14. The highest BCUT2D eigenvalue weighted by atomic mass is 19.1. The van der Waals surface area contributed by atoms with Crippen LogP contribution in [0.1, 0.15) is 17.4 Å². The number of esters is 1. The van der Waals surface area contributed by atoms with E-state index in [1.165, 1.54) is 32.2 Å². The van der Waals surface area contributed by atoms with Crippen LogP contribution in [0, 0.1) is 5.82 Å². The Balaban J connectivity index is 1.82. The van der Waals surface area contributed by atoms with Crippen molar-refractivity contribution in [3.8, 4) is 0 Å². The number of fused-ring (bicyclic) bond motifs is 1. The first-order chi connectivity index (χ1) is 12.9. The molecule has 0 saturated heterocycles. The minimum absolute atomic E-state index is 0.0175. The molecular formula is C19H16FN3O4. The van der Waals surface area contributed by atoms with E-state index >= 15 is 0 Å². The van der Waals surface area contributed by atoms with Crippen molar-refractivity contribution in [2.45, 2.75) is 13.0 Å². The molecular weight excluding hydrogens is 353 g/mol. The molecule has 3 rings (SSSR count). The monoisotopic (exact) mass is 369 g/mol. The summed E-state index contributed by atoms with van der Waals surface area (Å²) in [4.78, 5) is 36.8. The Morgan fingerprint density at radius 2 is 1.74 bits per heavy atom. The molecule has 3 aromatic rings. The van der Waals surface area contributed by atoms with Crippen molar-refractivity contribution in [2.24, 2.45) is 7.05 Å². The summed E-state index contributed by atoms with van der Waals surface area (Å²) < 4.78 is 19.8. The molecule has 8 heteroatoms. The summed E-state index contributed by atoms with van der Waals surface area (Å²) in [6, 6.07) is 12.1. The molecule has 0 fully saturated rings. The predicted octanol–water partition coefficient (Wildman–Crippen LogP) is 2.26. The molecule has 0 saturated carbocycles. The minimum Gasteiger partial charge on any atom is -0.448 e. The number of carbonyl (C=O) groups is 2. The van der Waals surface area contributed by atoms with Gasteiger partial charge in [0.1, 0.15) is 5.82 Å². The number of benzene rings is 2. The normalized spacial score (nSPS) is 11.8. The Labute approximate surface area is 153 Å². The molecule has 1 aromatic heterocycles. The fraction of sp³-hybridized carbons (Fsp3) is 0.158. The van der Waals surface area contributed by atoms with Gasteiger partial charge in [0.05, 0.1) is 11.1 Å². The molecule has 1 amide bonds. The SMILES string of the molecule is C[C@H](OC(=O)c1nn(C)c(=O)c2ccccc12)C(=O)Nc1ccccc1F. The highest BCUT2D eigenvalue weighted by Gasteiger charge is 2.23. The van der Waals surface area contributed by atoms with Crippen LogP contribution in [-0.4, -0.2) is 27.8 Å². The topological polar surface area (TPSA) is 90.3 Å². The Morgan fingerprint density at radius 1 is 1.11 bits per heavy atom. The Kier molecular flexibility index (Phi) is 4.98. The van der Waals surface area contributed by atoms with Gasteiger partial charge in [0.25, 0.3) is 11.5 Å². The zero-order chi connectivity index (χ0) is 19.6. The van der Waals surface area contributed by atoms with Gasteiger partial charge in [0, 0.05) is 12.4 Å². The smallest absolute Gasteiger partial charge is 0.360 e. The van der Waals surface area contributed by atoms with Crippen LogP contribution in [0.5, 0.6) is 0 Å². The van der Waals surface area contributed by atoms with Gasteiger partial charge in [-0.3, -0.25) is 9.59 Å². The van der Waals surface area contributed by atoms with E-state index in [0.29, 0.717) is 10.8 Å². The lowest BCUT2D eigenvalue weighted by molar-refractivity contribution is -0.123. The van der Waals surface area contributed by atoms with Crippen molar-refractivity contribution in [2.75, 3.05) is 5.32 Å². The third-order valence-electron chi connectivity index (χ3n) is 3.93. The number of amides is 1. The number of anilines is 1. The fourth-order valence-electron chi connectivity index (χ4n) is 2.52. The first-order valence-electron chi connectivity index (χ1n) is 8.11. The van der Waals surface area contributed by atoms with Gasteiger partial charge in [-0.1, -0.05) is 30.3 Å². The molecule has 0 bridgehead atoms. The van der Waals surface area contributed by atoms with Crippen molar-refractivity contribution in [1.82, 2.24) is 9.78 Å². The van der Waals surface area contributed by atoms with Crippen molar-refractivity contribution < 1.29 is 18.7 Å². The summed E-state index contributed by atoms with van der Waals surface area (Å²) in [7, 11) is 1.42. The van der Waals surface area contributed by atoms with E-state index < -0.39 is 23.8 Å². The largest absolute Gasteiger partial charge is 0.448 e. The van der Waals surface area contributed by atoms with Crippen molar-refractivity contribution >= 4 is 28.3 Å². The number of nitrogens with one attached hydrogen (secondary N) is 1. The molecule has 0 radical (unpaired) electrons. The third-order valence-corrected chi connectivity index (χ3v) is 3.93. The van der Waals surface area contributed by atoms with Gasteiger partial charge in [0.15, 0.2) is 11.8 Å². The number of para-hydroxylation sites is 1. The first kappa shape index (κ1) is 18.2. The Morgan fingerprint density at radius 3 is 2.44 bits per heavy atom. The van der Waals surface area contributed by atoms with Gasteiger partial charge in [-0.15, -0.1) is 0 Å². The molecule has 0 aliphatic rings. The first-order valence-corrected chi connectivity index (χ1v) is 8.11. The van der Waals surface area contributed by atoms with Crippen LogP contribution in [0.15, 0.2) is 53.3 Å². The maximum atomic E-state index is 13.6. The van der Waals surface area contributed by atoms with Crippen LogP contribution in [0.2, 0.25) is 0 Å². The number of halogens is 1. The van der Waals surface area contributed by atoms with E-state index in [9.17, 15) is 18.8 Å². The number of rotatable bonds is 4. The highest BCUT2D eigenvalue weighted by molar-refractivity contribution is 6.03. The molecule has 2 aromatic carbocycles. The zero-order valence-corrected chi connectivity index (χ0v) is 14.6. The lowest BCUT2D eigenvalue weighted by Crippen LogP contribution is -2.31.